The fraction of sp³-hybridized carbons (Fsp3) is 0.667. The Morgan fingerprint density at radius 1 is 1.19 bits per heavy atom. The maximum Gasteiger partial charge on any atom is 0.0358 e. The van der Waals surface area contributed by atoms with E-state index in [0.717, 1.165) is 17.0 Å². The Hall–Kier alpha value is -0.510. The molecule has 0 aromatic heterocycles. The highest BCUT2D eigenvalue weighted by Crippen LogP contribution is 2.28. The molecule has 0 aliphatic carbocycles. The third-order valence-electron chi connectivity index (χ3n) is 4.19. The first-order valence-corrected chi connectivity index (χ1v) is 9.20. The molecule has 1 aromatic rings. The minimum atomic E-state index is 0.455. The van der Waals surface area contributed by atoms with E-state index in [9.17, 15) is 0 Å². The van der Waals surface area contributed by atoms with Crippen LogP contribution in [-0.4, -0.2) is 41.6 Å². The fourth-order valence-corrected chi connectivity index (χ4v) is 4.86. The first kappa shape index (κ1) is 16.9. The van der Waals surface area contributed by atoms with Crippen molar-refractivity contribution in [1.29, 1.82) is 0 Å². The molecule has 0 spiro atoms. The molecule has 1 heterocycles. The van der Waals surface area contributed by atoms with Crippen LogP contribution in [0.1, 0.15) is 39.3 Å². The number of nitrogens with one attached hydrogen (secondary N) is 1. The standard InChI is InChI=1S/C18H30N2S/c1-5-19-18(17-9-7-6-8-10-17)14(2)11-20-12-15(3)21-16(4)13-20/h6-10,14-16,18-19H,5,11-13H2,1-4H3. The summed E-state index contributed by atoms with van der Waals surface area (Å²) in [7, 11) is 0. The first-order valence-electron chi connectivity index (χ1n) is 8.26. The summed E-state index contributed by atoms with van der Waals surface area (Å²) in [5.74, 6) is 0.620. The van der Waals surface area contributed by atoms with E-state index in [1.807, 2.05) is 0 Å². The van der Waals surface area contributed by atoms with Gasteiger partial charge in [-0.1, -0.05) is 58.0 Å². The highest BCUT2D eigenvalue weighted by atomic mass is 32.2. The Kier molecular flexibility index (Phi) is 6.59. The lowest BCUT2D eigenvalue weighted by Gasteiger charge is -2.37. The smallest absolute Gasteiger partial charge is 0.0358 e. The van der Waals surface area contributed by atoms with Crippen LogP contribution in [0.5, 0.6) is 0 Å². The number of nitrogens with zero attached hydrogens (tertiary/aromatic N) is 1. The van der Waals surface area contributed by atoms with Gasteiger partial charge in [-0.15, -0.1) is 0 Å². The van der Waals surface area contributed by atoms with Crippen LogP contribution in [0.15, 0.2) is 30.3 Å². The van der Waals surface area contributed by atoms with Gasteiger partial charge in [0.05, 0.1) is 0 Å². The average Bonchev–Trinajstić information content (AvgIpc) is 2.44. The maximum atomic E-state index is 3.68. The summed E-state index contributed by atoms with van der Waals surface area (Å²) in [6, 6.07) is 11.4. The van der Waals surface area contributed by atoms with Gasteiger partial charge in [0.2, 0.25) is 0 Å². The van der Waals surface area contributed by atoms with Crippen molar-refractivity contribution >= 4 is 11.8 Å². The zero-order valence-electron chi connectivity index (χ0n) is 13.9. The highest BCUT2D eigenvalue weighted by molar-refractivity contribution is 8.00. The Morgan fingerprint density at radius 2 is 1.81 bits per heavy atom. The lowest BCUT2D eigenvalue weighted by Crippen LogP contribution is -2.44. The van der Waals surface area contributed by atoms with Crippen LogP contribution in [0, 0.1) is 5.92 Å². The molecule has 21 heavy (non-hydrogen) atoms. The summed E-state index contributed by atoms with van der Waals surface area (Å²) in [4.78, 5) is 2.66. The predicted molar refractivity (Wildman–Crippen MR) is 95.0 cm³/mol. The molecule has 4 atom stereocenters. The third kappa shape index (κ3) is 5.01. The molecule has 118 valence electrons. The Bertz CT molecular complexity index is 399. The topological polar surface area (TPSA) is 15.3 Å². The van der Waals surface area contributed by atoms with Gasteiger partial charge < -0.3 is 10.2 Å². The second kappa shape index (κ2) is 8.21. The highest BCUT2D eigenvalue weighted by Gasteiger charge is 2.26. The van der Waals surface area contributed by atoms with Crippen molar-refractivity contribution in [3.8, 4) is 0 Å². The van der Waals surface area contributed by atoms with Gasteiger partial charge in [0, 0.05) is 36.2 Å². The van der Waals surface area contributed by atoms with Crippen LogP contribution >= 0.6 is 11.8 Å². The zero-order valence-corrected chi connectivity index (χ0v) is 14.7. The first-order chi connectivity index (χ1) is 10.1. The quantitative estimate of drug-likeness (QED) is 0.860. The van der Waals surface area contributed by atoms with Crippen molar-refractivity contribution in [3.05, 3.63) is 35.9 Å². The minimum Gasteiger partial charge on any atom is -0.310 e. The summed E-state index contributed by atoms with van der Waals surface area (Å²) in [6.07, 6.45) is 0. The van der Waals surface area contributed by atoms with Gasteiger partial charge in [0.25, 0.3) is 0 Å². The zero-order chi connectivity index (χ0) is 15.2. The molecule has 1 saturated heterocycles. The molecule has 1 fully saturated rings. The number of hydrogen-bond donors (Lipinski definition) is 1. The van der Waals surface area contributed by atoms with E-state index in [-0.39, 0.29) is 0 Å². The van der Waals surface area contributed by atoms with E-state index >= 15 is 0 Å². The van der Waals surface area contributed by atoms with Crippen LogP contribution in [0.2, 0.25) is 0 Å². The molecule has 1 N–H and O–H groups in total. The SMILES string of the molecule is CCNC(c1ccccc1)C(C)CN1CC(C)SC(C)C1. The average molecular weight is 307 g/mol. The number of rotatable bonds is 6. The second-order valence-corrected chi connectivity index (χ2v) is 8.28. The fourth-order valence-electron chi connectivity index (χ4n) is 3.47. The molecule has 0 bridgehead atoms. The molecule has 1 aliphatic heterocycles. The van der Waals surface area contributed by atoms with E-state index in [2.05, 4.69) is 80.0 Å². The van der Waals surface area contributed by atoms with Crippen molar-refractivity contribution in [2.24, 2.45) is 5.92 Å². The van der Waals surface area contributed by atoms with E-state index in [1.54, 1.807) is 0 Å². The van der Waals surface area contributed by atoms with Crippen molar-refractivity contribution in [1.82, 2.24) is 10.2 Å². The van der Waals surface area contributed by atoms with Gasteiger partial charge in [-0.2, -0.15) is 11.8 Å². The van der Waals surface area contributed by atoms with E-state index in [1.165, 1.54) is 25.2 Å². The molecule has 3 heteroatoms. The molecule has 2 rings (SSSR count). The number of hydrogen-bond acceptors (Lipinski definition) is 3. The van der Waals surface area contributed by atoms with E-state index in [4.69, 9.17) is 0 Å². The van der Waals surface area contributed by atoms with E-state index in [0.29, 0.717) is 12.0 Å². The molecule has 4 unspecified atom stereocenters. The lowest BCUT2D eigenvalue weighted by molar-refractivity contribution is 0.209. The summed E-state index contributed by atoms with van der Waals surface area (Å²) in [5, 5.41) is 5.20. The van der Waals surface area contributed by atoms with Crippen molar-refractivity contribution in [2.75, 3.05) is 26.2 Å². The summed E-state index contributed by atoms with van der Waals surface area (Å²) in [5.41, 5.74) is 1.42. The Morgan fingerprint density at radius 3 is 2.38 bits per heavy atom. The van der Waals surface area contributed by atoms with Gasteiger partial charge in [-0.25, -0.2) is 0 Å². The normalized spacial score (nSPS) is 26.5. The molecule has 0 radical (unpaired) electrons. The largest absolute Gasteiger partial charge is 0.310 e. The number of benzene rings is 1. The van der Waals surface area contributed by atoms with Crippen LogP contribution in [-0.2, 0) is 0 Å². The summed E-state index contributed by atoms with van der Waals surface area (Å²) >= 11 is 2.13. The van der Waals surface area contributed by atoms with Crippen molar-refractivity contribution in [3.63, 3.8) is 0 Å². The molecule has 1 aliphatic rings. The van der Waals surface area contributed by atoms with Crippen LogP contribution < -0.4 is 5.32 Å². The molecular weight excluding hydrogens is 276 g/mol. The Labute approximate surface area is 134 Å². The maximum absolute atomic E-state index is 3.68. The van der Waals surface area contributed by atoms with Crippen molar-refractivity contribution < 1.29 is 0 Å². The third-order valence-corrected chi connectivity index (χ3v) is 5.42. The van der Waals surface area contributed by atoms with E-state index < -0.39 is 0 Å². The molecule has 0 saturated carbocycles. The monoisotopic (exact) mass is 306 g/mol. The van der Waals surface area contributed by atoms with Gasteiger partial charge >= 0.3 is 0 Å². The van der Waals surface area contributed by atoms with Gasteiger partial charge in [-0.05, 0) is 18.0 Å². The van der Waals surface area contributed by atoms with Gasteiger partial charge in [0.1, 0.15) is 0 Å². The molecule has 1 aromatic carbocycles. The molecular formula is C18H30N2S. The predicted octanol–water partition coefficient (Wildman–Crippen LogP) is 3.80. The second-order valence-electron chi connectivity index (χ2n) is 6.40. The minimum absolute atomic E-state index is 0.455. The van der Waals surface area contributed by atoms with Crippen LogP contribution in [0.4, 0.5) is 0 Å². The summed E-state index contributed by atoms with van der Waals surface area (Å²) in [6.45, 7) is 14.0. The molecule has 2 nitrogen and oxygen atoms in total. The van der Waals surface area contributed by atoms with Gasteiger partial charge in [0.15, 0.2) is 0 Å². The summed E-state index contributed by atoms with van der Waals surface area (Å²) < 4.78 is 0. The van der Waals surface area contributed by atoms with Crippen molar-refractivity contribution in [2.45, 2.75) is 44.2 Å². The number of thioether (sulfide) groups is 1. The lowest BCUT2D eigenvalue weighted by atomic mass is 9.93. The Balaban J connectivity index is 2.00. The molecule has 0 amide bonds. The van der Waals surface area contributed by atoms with Crippen LogP contribution in [0.3, 0.4) is 0 Å². The van der Waals surface area contributed by atoms with Crippen LogP contribution in [0.25, 0.3) is 0 Å². The van der Waals surface area contributed by atoms with Gasteiger partial charge in [-0.3, -0.25) is 0 Å².